The van der Waals surface area contributed by atoms with Gasteiger partial charge in [-0.3, -0.25) is 0 Å². The molecule has 1 heterocycles. The molecule has 0 amide bonds. The number of aromatic hydroxyl groups is 1. The second-order valence-corrected chi connectivity index (χ2v) is 5.15. The van der Waals surface area contributed by atoms with Gasteiger partial charge in [-0.1, -0.05) is 11.6 Å². The third-order valence-corrected chi connectivity index (χ3v) is 3.49. The summed E-state index contributed by atoms with van der Waals surface area (Å²) in [6, 6.07) is 7.42. The van der Waals surface area contributed by atoms with Gasteiger partial charge in [0.1, 0.15) is 18.0 Å². The van der Waals surface area contributed by atoms with Crippen LogP contribution in [0.4, 0.5) is 15.9 Å². The van der Waals surface area contributed by atoms with Gasteiger partial charge in [-0.25, -0.2) is 14.4 Å². The summed E-state index contributed by atoms with van der Waals surface area (Å²) in [6.45, 7) is 2.26. The molecule has 0 saturated heterocycles. The van der Waals surface area contributed by atoms with E-state index in [1.54, 1.807) is 12.1 Å². The van der Waals surface area contributed by atoms with Gasteiger partial charge in [-0.2, -0.15) is 0 Å². The Morgan fingerprint density at radius 1 is 1.26 bits per heavy atom. The first-order valence-electron chi connectivity index (χ1n) is 6.91. The Labute approximate surface area is 136 Å². The zero-order valence-corrected chi connectivity index (χ0v) is 12.9. The van der Waals surface area contributed by atoms with Gasteiger partial charge in [0.15, 0.2) is 11.5 Å². The number of phenols is 1. The van der Waals surface area contributed by atoms with E-state index in [4.69, 9.17) is 16.3 Å². The summed E-state index contributed by atoms with van der Waals surface area (Å²) in [6.07, 6.45) is 1.39. The fourth-order valence-corrected chi connectivity index (χ4v) is 2.33. The number of fused-ring (bicyclic) bond motifs is 1. The number of rotatable bonds is 4. The van der Waals surface area contributed by atoms with Crippen molar-refractivity contribution < 1.29 is 14.2 Å². The van der Waals surface area contributed by atoms with E-state index in [9.17, 15) is 9.50 Å². The third kappa shape index (κ3) is 3.12. The molecule has 0 radical (unpaired) electrons. The summed E-state index contributed by atoms with van der Waals surface area (Å²) in [5.41, 5.74) is 1.18. The Bertz CT molecular complexity index is 873. The molecular weight excluding hydrogens is 321 g/mol. The fourth-order valence-electron chi connectivity index (χ4n) is 2.15. The molecule has 3 aromatic rings. The van der Waals surface area contributed by atoms with E-state index in [-0.39, 0.29) is 10.8 Å². The monoisotopic (exact) mass is 333 g/mol. The Kier molecular flexibility index (Phi) is 4.16. The van der Waals surface area contributed by atoms with E-state index in [2.05, 4.69) is 15.3 Å². The largest absolute Gasteiger partial charge is 0.504 e. The molecule has 0 unspecified atom stereocenters. The van der Waals surface area contributed by atoms with Crippen molar-refractivity contribution in [3.63, 3.8) is 0 Å². The predicted octanol–water partition coefficient (Wildman–Crippen LogP) is 4.27. The van der Waals surface area contributed by atoms with Crippen LogP contribution in [-0.2, 0) is 0 Å². The van der Waals surface area contributed by atoms with Crippen LogP contribution in [0.25, 0.3) is 10.9 Å². The van der Waals surface area contributed by atoms with Crippen molar-refractivity contribution >= 4 is 34.0 Å². The Balaban J connectivity index is 2.03. The second kappa shape index (κ2) is 6.26. The second-order valence-electron chi connectivity index (χ2n) is 4.75. The molecule has 7 heteroatoms. The third-order valence-electron chi connectivity index (χ3n) is 3.20. The van der Waals surface area contributed by atoms with E-state index >= 15 is 0 Å². The van der Waals surface area contributed by atoms with Gasteiger partial charge in [0.05, 0.1) is 17.1 Å². The van der Waals surface area contributed by atoms with Crippen molar-refractivity contribution in [3.8, 4) is 11.5 Å². The average Bonchev–Trinajstić information content (AvgIpc) is 2.53. The number of hydrogen-bond donors (Lipinski definition) is 2. The van der Waals surface area contributed by atoms with Crippen LogP contribution < -0.4 is 10.1 Å². The predicted molar refractivity (Wildman–Crippen MR) is 87.1 cm³/mol. The van der Waals surface area contributed by atoms with Crippen molar-refractivity contribution in [1.29, 1.82) is 0 Å². The number of hydrogen-bond acceptors (Lipinski definition) is 5. The Morgan fingerprint density at radius 3 is 2.83 bits per heavy atom. The van der Waals surface area contributed by atoms with Crippen LogP contribution in [0.15, 0.2) is 36.7 Å². The number of anilines is 2. The van der Waals surface area contributed by atoms with Crippen LogP contribution >= 0.6 is 11.6 Å². The number of halogens is 2. The van der Waals surface area contributed by atoms with Crippen LogP contribution in [0.1, 0.15) is 6.92 Å². The van der Waals surface area contributed by atoms with Crippen molar-refractivity contribution in [2.45, 2.75) is 6.92 Å². The topological polar surface area (TPSA) is 67.3 Å². The lowest BCUT2D eigenvalue weighted by molar-refractivity contribution is 0.319. The van der Waals surface area contributed by atoms with Crippen molar-refractivity contribution in [2.75, 3.05) is 11.9 Å². The molecule has 0 fully saturated rings. The normalized spacial score (nSPS) is 10.7. The van der Waals surface area contributed by atoms with Crippen LogP contribution in [0.2, 0.25) is 5.02 Å². The highest BCUT2D eigenvalue weighted by molar-refractivity contribution is 6.31. The Morgan fingerprint density at radius 2 is 2.09 bits per heavy atom. The molecule has 23 heavy (non-hydrogen) atoms. The first-order chi connectivity index (χ1) is 11.1. The maximum atomic E-state index is 13.2. The molecule has 0 saturated carbocycles. The summed E-state index contributed by atoms with van der Waals surface area (Å²) in [5.74, 6) is 0.323. The minimum absolute atomic E-state index is 0.00524. The van der Waals surface area contributed by atoms with Gasteiger partial charge < -0.3 is 15.2 Å². The number of aromatic nitrogens is 2. The van der Waals surface area contributed by atoms with Gasteiger partial charge in [-0.05, 0) is 31.2 Å². The van der Waals surface area contributed by atoms with Gasteiger partial charge in [0.2, 0.25) is 0 Å². The molecule has 1 aromatic heterocycles. The van der Waals surface area contributed by atoms with E-state index in [0.29, 0.717) is 34.8 Å². The molecule has 0 aliphatic heterocycles. The first kappa shape index (κ1) is 15.3. The summed E-state index contributed by atoms with van der Waals surface area (Å²) < 4.78 is 18.6. The van der Waals surface area contributed by atoms with Gasteiger partial charge in [-0.15, -0.1) is 0 Å². The molecule has 5 nitrogen and oxygen atoms in total. The standard InChI is InChI=1S/C16H13ClFN3O2/c1-2-23-15-7-13-10(6-14(15)22)16(20-8-19-13)21-9-3-4-12(18)11(17)5-9/h3-8,22H,2H2,1H3,(H,19,20,21). The quantitative estimate of drug-likeness (QED) is 0.746. The summed E-state index contributed by atoms with van der Waals surface area (Å²) in [4.78, 5) is 8.33. The zero-order valence-electron chi connectivity index (χ0n) is 12.2. The lowest BCUT2D eigenvalue weighted by Gasteiger charge is -2.11. The van der Waals surface area contributed by atoms with E-state index in [1.165, 1.54) is 24.5 Å². The maximum absolute atomic E-state index is 13.2. The molecule has 0 spiro atoms. The van der Waals surface area contributed by atoms with E-state index in [0.717, 1.165) is 0 Å². The lowest BCUT2D eigenvalue weighted by Crippen LogP contribution is -1.98. The van der Waals surface area contributed by atoms with Crippen molar-refractivity contribution in [1.82, 2.24) is 9.97 Å². The van der Waals surface area contributed by atoms with E-state index in [1.807, 2.05) is 6.92 Å². The minimum Gasteiger partial charge on any atom is -0.504 e. The zero-order chi connectivity index (χ0) is 16.4. The molecule has 0 aliphatic carbocycles. The molecular formula is C16H13ClFN3O2. The number of nitrogens with one attached hydrogen (secondary N) is 1. The van der Waals surface area contributed by atoms with Crippen molar-refractivity contribution in [3.05, 3.63) is 47.5 Å². The summed E-state index contributed by atoms with van der Waals surface area (Å²) in [7, 11) is 0. The number of nitrogens with zero attached hydrogens (tertiary/aromatic N) is 2. The molecule has 0 bridgehead atoms. The van der Waals surface area contributed by atoms with E-state index < -0.39 is 5.82 Å². The molecule has 2 aromatic carbocycles. The van der Waals surface area contributed by atoms with Crippen LogP contribution in [0.3, 0.4) is 0 Å². The molecule has 0 atom stereocenters. The van der Waals surface area contributed by atoms with Gasteiger partial charge in [0.25, 0.3) is 0 Å². The first-order valence-corrected chi connectivity index (χ1v) is 7.29. The Hall–Kier alpha value is -2.60. The smallest absolute Gasteiger partial charge is 0.163 e. The highest BCUT2D eigenvalue weighted by atomic mass is 35.5. The summed E-state index contributed by atoms with van der Waals surface area (Å²) >= 11 is 5.77. The SMILES string of the molecule is CCOc1cc2ncnc(Nc3ccc(F)c(Cl)c3)c2cc1O. The van der Waals surface area contributed by atoms with Gasteiger partial charge in [0, 0.05) is 17.1 Å². The van der Waals surface area contributed by atoms with Gasteiger partial charge >= 0.3 is 0 Å². The maximum Gasteiger partial charge on any atom is 0.163 e. The van der Waals surface area contributed by atoms with Crippen LogP contribution in [-0.4, -0.2) is 21.7 Å². The molecule has 118 valence electrons. The fraction of sp³-hybridized carbons (Fsp3) is 0.125. The molecule has 2 N–H and O–H groups in total. The minimum atomic E-state index is -0.497. The molecule has 3 rings (SSSR count). The van der Waals surface area contributed by atoms with Crippen molar-refractivity contribution in [2.24, 2.45) is 0 Å². The number of phenolic OH excluding ortho intramolecular Hbond substituents is 1. The van der Waals surface area contributed by atoms with Crippen LogP contribution in [0, 0.1) is 5.82 Å². The number of ether oxygens (including phenoxy) is 1. The molecule has 0 aliphatic rings. The van der Waals surface area contributed by atoms with Crippen LogP contribution in [0.5, 0.6) is 11.5 Å². The lowest BCUT2D eigenvalue weighted by atomic mass is 10.2. The highest BCUT2D eigenvalue weighted by Gasteiger charge is 2.11. The summed E-state index contributed by atoms with van der Waals surface area (Å²) in [5, 5.41) is 13.7. The average molecular weight is 334 g/mol. The highest BCUT2D eigenvalue weighted by Crippen LogP contribution is 2.34. The number of benzene rings is 2.